The van der Waals surface area contributed by atoms with E-state index in [-0.39, 0.29) is 17.9 Å². The van der Waals surface area contributed by atoms with Gasteiger partial charge < -0.3 is 10.0 Å². The number of halogens is 2. The standard InChI is InChI=1S/C15H13F2NO2/c1-18(9-10-4-2-5-11(19)8-10)15(20)12-6-3-7-13(16)14(12)17/h2-8,19H,9H2,1H3. The van der Waals surface area contributed by atoms with Crippen molar-refractivity contribution in [3.8, 4) is 5.75 Å². The number of aromatic hydroxyl groups is 1. The number of phenolic OH excluding ortho intramolecular Hbond substituents is 1. The van der Waals surface area contributed by atoms with Gasteiger partial charge in [-0.15, -0.1) is 0 Å². The predicted octanol–water partition coefficient (Wildman–Crippen LogP) is 2.94. The largest absolute Gasteiger partial charge is 0.508 e. The lowest BCUT2D eigenvalue weighted by Gasteiger charge is -2.18. The molecule has 2 aromatic rings. The van der Waals surface area contributed by atoms with Crippen LogP contribution in [0.1, 0.15) is 15.9 Å². The Labute approximate surface area is 115 Å². The Morgan fingerprint density at radius 1 is 1.20 bits per heavy atom. The Morgan fingerprint density at radius 2 is 1.90 bits per heavy atom. The molecule has 0 radical (unpaired) electrons. The molecule has 0 unspecified atom stereocenters. The Morgan fingerprint density at radius 3 is 2.60 bits per heavy atom. The maximum atomic E-state index is 13.6. The summed E-state index contributed by atoms with van der Waals surface area (Å²) in [6, 6.07) is 9.87. The maximum Gasteiger partial charge on any atom is 0.256 e. The molecular weight excluding hydrogens is 264 g/mol. The van der Waals surface area contributed by atoms with Gasteiger partial charge in [0.15, 0.2) is 11.6 Å². The highest BCUT2D eigenvalue weighted by molar-refractivity contribution is 5.94. The number of hydrogen-bond acceptors (Lipinski definition) is 2. The second kappa shape index (κ2) is 5.69. The van der Waals surface area contributed by atoms with E-state index in [0.29, 0.717) is 5.56 Å². The summed E-state index contributed by atoms with van der Waals surface area (Å²) in [4.78, 5) is 13.3. The summed E-state index contributed by atoms with van der Waals surface area (Å²) in [5, 5.41) is 9.35. The van der Waals surface area contributed by atoms with Gasteiger partial charge in [-0.3, -0.25) is 4.79 Å². The quantitative estimate of drug-likeness (QED) is 0.937. The van der Waals surface area contributed by atoms with Gasteiger partial charge in [-0.05, 0) is 29.8 Å². The molecule has 104 valence electrons. The second-order valence-corrected chi connectivity index (χ2v) is 4.43. The first-order valence-corrected chi connectivity index (χ1v) is 5.96. The first kappa shape index (κ1) is 14.0. The van der Waals surface area contributed by atoms with Gasteiger partial charge in [0, 0.05) is 13.6 Å². The molecule has 0 heterocycles. The van der Waals surface area contributed by atoms with Crippen molar-refractivity contribution in [3.63, 3.8) is 0 Å². The van der Waals surface area contributed by atoms with Crippen LogP contribution in [-0.2, 0) is 6.54 Å². The minimum Gasteiger partial charge on any atom is -0.508 e. The van der Waals surface area contributed by atoms with Crippen molar-refractivity contribution in [2.24, 2.45) is 0 Å². The predicted molar refractivity (Wildman–Crippen MR) is 70.3 cm³/mol. The molecule has 0 spiro atoms. The molecule has 1 N–H and O–H groups in total. The molecule has 0 aliphatic carbocycles. The smallest absolute Gasteiger partial charge is 0.256 e. The molecule has 2 rings (SSSR count). The van der Waals surface area contributed by atoms with Gasteiger partial charge in [0.25, 0.3) is 5.91 Å². The zero-order valence-electron chi connectivity index (χ0n) is 10.8. The Bertz CT molecular complexity index is 644. The molecule has 0 atom stereocenters. The van der Waals surface area contributed by atoms with E-state index in [0.717, 1.165) is 6.07 Å². The third-order valence-electron chi connectivity index (χ3n) is 2.86. The number of amides is 1. The fourth-order valence-electron chi connectivity index (χ4n) is 1.88. The molecule has 0 aliphatic heterocycles. The Balaban J connectivity index is 2.19. The summed E-state index contributed by atoms with van der Waals surface area (Å²) >= 11 is 0. The molecule has 0 aromatic heterocycles. The van der Waals surface area contributed by atoms with E-state index in [2.05, 4.69) is 0 Å². The lowest BCUT2D eigenvalue weighted by atomic mass is 10.1. The average Bonchev–Trinajstić information content (AvgIpc) is 2.41. The molecule has 0 fully saturated rings. The molecule has 1 amide bonds. The van der Waals surface area contributed by atoms with Crippen molar-refractivity contribution in [2.75, 3.05) is 7.05 Å². The Hall–Kier alpha value is -2.43. The van der Waals surface area contributed by atoms with Gasteiger partial charge in [0.2, 0.25) is 0 Å². The van der Waals surface area contributed by atoms with E-state index in [9.17, 15) is 18.7 Å². The van der Waals surface area contributed by atoms with Crippen LogP contribution >= 0.6 is 0 Å². The van der Waals surface area contributed by atoms with E-state index in [1.807, 2.05) is 0 Å². The van der Waals surface area contributed by atoms with Crippen LogP contribution in [0.2, 0.25) is 0 Å². The van der Waals surface area contributed by atoms with Gasteiger partial charge >= 0.3 is 0 Å². The van der Waals surface area contributed by atoms with Crippen molar-refractivity contribution in [1.29, 1.82) is 0 Å². The molecule has 0 saturated heterocycles. The first-order valence-electron chi connectivity index (χ1n) is 5.96. The summed E-state index contributed by atoms with van der Waals surface area (Å²) in [7, 11) is 1.48. The van der Waals surface area contributed by atoms with Crippen LogP contribution in [0.4, 0.5) is 8.78 Å². The first-order chi connectivity index (χ1) is 9.49. The summed E-state index contributed by atoms with van der Waals surface area (Å²) in [5.41, 5.74) is 0.380. The molecule has 2 aromatic carbocycles. The summed E-state index contributed by atoms with van der Waals surface area (Å²) in [6.07, 6.45) is 0. The topological polar surface area (TPSA) is 40.5 Å². The van der Waals surface area contributed by atoms with Gasteiger partial charge in [0.1, 0.15) is 5.75 Å². The third-order valence-corrected chi connectivity index (χ3v) is 2.86. The van der Waals surface area contributed by atoms with E-state index in [4.69, 9.17) is 0 Å². The van der Waals surface area contributed by atoms with Crippen LogP contribution in [0.25, 0.3) is 0 Å². The Kier molecular flexibility index (Phi) is 3.98. The van der Waals surface area contributed by atoms with Crippen LogP contribution in [0.3, 0.4) is 0 Å². The maximum absolute atomic E-state index is 13.6. The number of rotatable bonds is 3. The monoisotopic (exact) mass is 277 g/mol. The van der Waals surface area contributed by atoms with Crippen LogP contribution in [0, 0.1) is 11.6 Å². The lowest BCUT2D eigenvalue weighted by molar-refractivity contribution is 0.0779. The summed E-state index contributed by atoms with van der Waals surface area (Å²) in [5.74, 6) is -2.74. The van der Waals surface area contributed by atoms with Crippen molar-refractivity contribution in [1.82, 2.24) is 4.90 Å². The minimum atomic E-state index is -1.15. The number of carbonyl (C=O) groups excluding carboxylic acids is 1. The molecule has 3 nitrogen and oxygen atoms in total. The fourth-order valence-corrected chi connectivity index (χ4v) is 1.88. The van der Waals surface area contributed by atoms with Crippen molar-refractivity contribution >= 4 is 5.91 Å². The highest BCUT2D eigenvalue weighted by Crippen LogP contribution is 2.16. The van der Waals surface area contributed by atoms with Crippen molar-refractivity contribution < 1.29 is 18.7 Å². The van der Waals surface area contributed by atoms with Gasteiger partial charge in [-0.2, -0.15) is 0 Å². The van der Waals surface area contributed by atoms with E-state index in [1.165, 1.54) is 36.2 Å². The number of phenols is 1. The normalized spacial score (nSPS) is 10.3. The van der Waals surface area contributed by atoms with Crippen molar-refractivity contribution in [2.45, 2.75) is 6.54 Å². The number of benzene rings is 2. The van der Waals surface area contributed by atoms with Gasteiger partial charge in [0.05, 0.1) is 5.56 Å². The van der Waals surface area contributed by atoms with E-state index >= 15 is 0 Å². The number of nitrogens with zero attached hydrogens (tertiary/aromatic N) is 1. The highest BCUT2D eigenvalue weighted by atomic mass is 19.2. The molecule has 0 bridgehead atoms. The van der Waals surface area contributed by atoms with Crippen LogP contribution in [-0.4, -0.2) is 23.0 Å². The molecule has 5 heteroatoms. The highest BCUT2D eigenvalue weighted by Gasteiger charge is 2.18. The van der Waals surface area contributed by atoms with Crippen LogP contribution in [0.5, 0.6) is 5.75 Å². The minimum absolute atomic E-state index is 0.0836. The molecular formula is C15H13F2NO2. The number of hydrogen-bond donors (Lipinski definition) is 1. The molecule has 0 saturated carbocycles. The zero-order chi connectivity index (χ0) is 14.7. The van der Waals surface area contributed by atoms with Crippen LogP contribution < -0.4 is 0 Å². The van der Waals surface area contributed by atoms with E-state index < -0.39 is 17.5 Å². The van der Waals surface area contributed by atoms with Crippen LogP contribution in [0.15, 0.2) is 42.5 Å². The fraction of sp³-hybridized carbons (Fsp3) is 0.133. The summed E-state index contributed by atoms with van der Waals surface area (Å²) < 4.78 is 26.7. The summed E-state index contributed by atoms with van der Waals surface area (Å²) in [6.45, 7) is 0.184. The van der Waals surface area contributed by atoms with Gasteiger partial charge in [-0.1, -0.05) is 18.2 Å². The SMILES string of the molecule is CN(Cc1cccc(O)c1)C(=O)c1cccc(F)c1F. The van der Waals surface area contributed by atoms with Gasteiger partial charge in [-0.25, -0.2) is 8.78 Å². The third kappa shape index (κ3) is 2.93. The number of carbonyl (C=O) groups is 1. The van der Waals surface area contributed by atoms with Crippen molar-refractivity contribution in [3.05, 3.63) is 65.2 Å². The molecule has 0 aliphatic rings. The second-order valence-electron chi connectivity index (χ2n) is 4.43. The van der Waals surface area contributed by atoms with E-state index in [1.54, 1.807) is 12.1 Å². The molecule has 20 heavy (non-hydrogen) atoms. The average molecular weight is 277 g/mol. The zero-order valence-corrected chi connectivity index (χ0v) is 10.8. The lowest BCUT2D eigenvalue weighted by Crippen LogP contribution is -2.27.